The van der Waals surface area contributed by atoms with Gasteiger partial charge in [0.1, 0.15) is 0 Å². The second-order valence-corrected chi connectivity index (χ2v) is 4.10. The van der Waals surface area contributed by atoms with E-state index in [4.69, 9.17) is 0 Å². The third-order valence-electron chi connectivity index (χ3n) is 1.22. The van der Waals surface area contributed by atoms with Crippen LogP contribution in [0.4, 0.5) is 21.2 Å². The van der Waals surface area contributed by atoms with Crippen LogP contribution in [0.25, 0.3) is 0 Å². The van der Waals surface area contributed by atoms with Crippen LogP contribution in [0.3, 0.4) is 0 Å². The zero-order valence-electron chi connectivity index (χ0n) is 6.05. The summed E-state index contributed by atoms with van der Waals surface area (Å²) in [6.45, 7) is 0. The molecule has 1 aromatic rings. The summed E-state index contributed by atoms with van der Waals surface area (Å²) in [5, 5.41) is -1.77. The Balaban J connectivity index is 0.00000144. The van der Waals surface area contributed by atoms with Gasteiger partial charge in [-0.25, -0.2) is 0 Å². The first-order valence-electron chi connectivity index (χ1n) is 2.92. The van der Waals surface area contributed by atoms with Gasteiger partial charge in [0.05, 0.1) is 0 Å². The van der Waals surface area contributed by atoms with E-state index in [-0.39, 0.29) is 12.4 Å². The number of benzene rings is 1. The van der Waals surface area contributed by atoms with Crippen molar-refractivity contribution in [3.63, 3.8) is 0 Å². The van der Waals surface area contributed by atoms with Crippen molar-refractivity contribution in [1.82, 2.24) is 0 Å². The molecule has 0 radical (unpaired) electrons. The van der Waals surface area contributed by atoms with Gasteiger partial charge >= 0.3 is 64.4 Å². The van der Waals surface area contributed by atoms with Crippen molar-refractivity contribution in [1.29, 1.82) is 0 Å². The summed E-state index contributed by atoms with van der Waals surface area (Å²) in [6.07, 6.45) is 0. The quantitative estimate of drug-likeness (QED) is 0.513. The molecule has 0 saturated carbocycles. The van der Waals surface area contributed by atoms with Crippen LogP contribution >= 0.6 is 20.3 Å². The van der Waals surface area contributed by atoms with E-state index in [2.05, 4.69) is 0 Å². The molecule has 76 valence electrons. The van der Waals surface area contributed by atoms with Gasteiger partial charge in [0, 0.05) is 0 Å². The predicted molar refractivity (Wildman–Crippen MR) is 44.6 cm³/mol. The number of hydrogen-bond donors (Lipinski definition) is 0. The fourth-order valence-corrected chi connectivity index (χ4v) is 1.43. The molecule has 1 aromatic carbocycles. The van der Waals surface area contributed by atoms with Crippen LogP contribution in [-0.4, -0.2) is 0 Å². The van der Waals surface area contributed by atoms with Gasteiger partial charge in [0.2, 0.25) is 0 Å². The van der Waals surface area contributed by atoms with Crippen molar-refractivity contribution in [2.24, 2.45) is 0 Å². The predicted octanol–water partition coefficient (Wildman–Crippen LogP) is 3.96. The van der Waals surface area contributed by atoms with Crippen LogP contribution in [0.2, 0.25) is 0 Å². The Hall–Kier alpha value is -0.410. The molecule has 0 amide bonds. The van der Waals surface area contributed by atoms with Gasteiger partial charge in [0.15, 0.2) is 0 Å². The third-order valence-corrected chi connectivity index (χ3v) is 2.31. The number of rotatable bonds is 1. The van der Waals surface area contributed by atoms with Crippen LogP contribution in [0.5, 0.6) is 0 Å². The topological polar surface area (TPSA) is 0 Å². The van der Waals surface area contributed by atoms with Crippen molar-refractivity contribution in [2.45, 2.75) is 0 Å². The van der Waals surface area contributed by atoms with Crippen LogP contribution in [0, 0.1) is 5.82 Å². The van der Waals surface area contributed by atoms with E-state index < -0.39 is 19.0 Å². The maximum atomic E-state index is 12.4. The zero-order valence-corrected chi connectivity index (χ0v) is 7.77. The molecule has 0 spiro atoms. The fraction of sp³-hybridized carbons (Fsp3) is 0. The van der Waals surface area contributed by atoms with Gasteiger partial charge in [0.25, 0.3) is 0 Å². The van der Waals surface area contributed by atoms with E-state index in [1.165, 1.54) is 0 Å². The van der Waals surface area contributed by atoms with E-state index in [1.807, 2.05) is 0 Å². The van der Waals surface area contributed by atoms with Crippen molar-refractivity contribution in [3.8, 4) is 0 Å². The summed E-state index contributed by atoms with van der Waals surface area (Å²) in [4.78, 5) is 0. The minimum absolute atomic E-state index is 0. The van der Waals surface area contributed by atoms with Crippen LogP contribution < -0.4 is 5.30 Å². The molecule has 0 atom stereocenters. The molecule has 13 heavy (non-hydrogen) atoms. The summed E-state index contributed by atoms with van der Waals surface area (Å²) >= 11 is 0. The Morgan fingerprint density at radius 3 is 1.69 bits per heavy atom. The average Bonchev–Trinajstić information content (AvgIpc) is 1.84. The van der Waals surface area contributed by atoms with E-state index >= 15 is 0 Å². The van der Waals surface area contributed by atoms with Crippen LogP contribution in [0.15, 0.2) is 24.3 Å². The van der Waals surface area contributed by atoms with E-state index in [0.717, 1.165) is 12.1 Å². The molecule has 1 rings (SSSR count). The monoisotopic (exact) mass is 238 g/mol. The number of halogens is 6. The molecule has 0 aliphatic rings. The second-order valence-electron chi connectivity index (χ2n) is 2.17. The first-order chi connectivity index (χ1) is 5.27. The second kappa shape index (κ2) is 3.39. The Bertz CT molecular complexity index is 298. The van der Waals surface area contributed by atoms with Crippen LogP contribution in [0.1, 0.15) is 0 Å². The van der Waals surface area contributed by atoms with Gasteiger partial charge in [-0.15, -0.1) is 12.4 Å². The average molecular weight is 239 g/mol. The molecule has 0 fully saturated rings. The van der Waals surface area contributed by atoms with Gasteiger partial charge in [-0.05, 0) is 0 Å². The van der Waals surface area contributed by atoms with Gasteiger partial charge in [-0.2, -0.15) is 0 Å². The Morgan fingerprint density at radius 1 is 0.923 bits per heavy atom. The molecule has 7 heteroatoms. The molecule has 0 aromatic heterocycles. The van der Waals surface area contributed by atoms with E-state index in [1.54, 1.807) is 0 Å². The molecule has 0 saturated heterocycles. The summed E-state index contributed by atoms with van der Waals surface area (Å²) < 4.78 is 60.2. The molecule has 0 bridgehead atoms. The van der Waals surface area contributed by atoms with Gasteiger partial charge < -0.3 is 0 Å². The molecule has 0 unspecified atom stereocenters. The van der Waals surface area contributed by atoms with Crippen molar-refractivity contribution < 1.29 is 21.2 Å². The first-order valence-corrected chi connectivity index (χ1v) is 4.72. The molecule has 0 heterocycles. The Labute approximate surface area is 77.6 Å². The first kappa shape index (κ1) is 12.6. The van der Waals surface area contributed by atoms with Crippen molar-refractivity contribution in [2.75, 3.05) is 0 Å². The Morgan fingerprint density at radius 2 is 1.38 bits per heavy atom. The summed E-state index contributed by atoms with van der Waals surface area (Å²) in [5.41, 5.74) is 0. The molecule has 0 nitrogen and oxygen atoms in total. The Kier molecular flexibility index (Phi) is 3.28. The van der Waals surface area contributed by atoms with Crippen molar-refractivity contribution >= 4 is 25.6 Å². The molecular weight excluding hydrogens is 233 g/mol. The van der Waals surface area contributed by atoms with Crippen LogP contribution in [-0.2, 0) is 0 Å². The van der Waals surface area contributed by atoms with Crippen molar-refractivity contribution in [3.05, 3.63) is 30.1 Å². The molecule has 0 N–H and O–H groups in total. The summed E-state index contributed by atoms with van der Waals surface area (Å²) in [6, 6.07) is 2.99. The third kappa shape index (κ3) is 3.08. The fourth-order valence-electron chi connectivity index (χ4n) is 0.726. The summed E-state index contributed by atoms with van der Waals surface area (Å²) in [7, 11) is -7.91. The van der Waals surface area contributed by atoms with E-state index in [9.17, 15) is 21.2 Å². The SMILES string of the molecule is Cl.Fc1ccccc1P(F)(F)(F)F. The minimum atomic E-state index is -7.91. The number of hydrogen-bond acceptors (Lipinski definition) is 0. The molecular formula is C6H5ClF5P. The zero-order chi connectivity index (χ0) is 9.43. The van der Waals surface area contributed by atoms with Gasteiger partial charge in [-0.3, -0.25) is 0 Å². The van der Waals surface area contributed by atoms with Gasteiger partial charge in [-0.1, -0.05) is 0 Å². The van der Waals surface area contributed by atoms with E-state index in [0.29, 0.717) is 12.1 Å². The molecule has 0 aliphatic heterocycles. The summed E-state index contributed by atoms with van der Waals surface area (Å²) in [5.74, 6) is -1.56. The standard InChI is InChI=1S/C6H4F5P.ClH/c7-5-3-1-2-4-6(5)12(8,9,10)11;/h1-4H;1H. The maximum absolute atomic E-state index is 12.4. The molecule has 0 aliphatic carbocycles. The normalized spacial score (nSPS) is 14.1.